The topological polar surface area (TPSA) is 53.3 Å². The van der Waals surface area contributed by atoms with E-state index in [1.807, 2.05) is 49.4 Å². The van der Waals surface area contributed by atoms with Crippen molar-refractivity contribution in [2.45, 2.75) is 26.2 Å². The number of carbonyl (C=O) groups excluding carboxylic acids is 1. The Bertz CT molecular complexity index is 756. The van der Waals surface area contributed by atoms with Crippen molar-refractivity contribution < 1.29 is 9.53 Å². The maximum atomic E-state index is 13.1. The van der Waals surface area contributed by atoms with Gasteiger partial charge in [-0.15, -0.1) is 0 Å². The normalized spacial score (nSPS) is 10.2. The molecule has 0 aliphatic carbocycles. The number of nitriles is 1. The van der Waals surface area contributed by atoms with Crippen LogP contribution in [0.4, 0.5) is 0 Å². The van der Waals surface area contributed by atoms with E-state index in [-0.39, 0.29) is 5.91 Å². The number of nitrogens with zero attached hydrogens (tertiary/aromatic N) is 2. The molecule has 0 saturated carbocycles. The Morgan fingerprint density at radius 2 is 1.96 bits per heavy atom. The summed E-state index contributed by atoms with van der Waals surface area (Å²) in [4.78, 5) is 14.9. The first-order valence-electron chi connectivity index (χ1n) is 8.78. The van der Waals surface area contributed by atoms with Crippen molar-refractivity contribution >= 4 is 21.8 Å². The minimum Gasteiger partial charge on any atom is -0.493 e. The van der Waals surface area contributed by atoms with Crippen LogP contribution >= 0.6 is 15.9 Å². The second kappa shape index (κ2) is 10.6. The summed E-state index contributed by atoms with van der Waals surface area (Å²) < 4.78 is 6.57. The molecule has 2 aromatic rings. The van der Waals surface area contributed by atoms with Crippen LogP contribution in [0.3, 0.4) is 0 Å². The molecule has 0 bridgehead atoms. The van der Waals surface area contributed by atoms with Crippen molar-refractivity contribution in [3.63, 3.8) is 0 Å². The van der Waals surface area contributed by atoms with Gasteiger partial charge in [-0.3, -0.25) is 4.79 Å². The van der Waals surface area contributed by atoms with Crippen LogP contribution in [-0.4, -0.2) is 30.5 Å². The molecule has 2 rings (SSSR count). The first-order chi connectivity index (χ1) is 12.7. The van der Waals surface area contributed by atoms with Gasteiger partial charge in [-0.05, 0) is 36.6 Å². The zero-order valence-corrected chi connectivity index (χ0v) is 16.5. The van der Waals surface area contributed by atoms with Gasteiger partial charge in [0.1, 0.15) is 5.75 Å². The summed E-state index contributed by atoms with van der Waals surface area (Å²) in [5, 5.41) is 8.95. The van der Waals surface area contributed by atoms with E-state index in [2.05, 4.69) is 22.0 Å². The lowest BCUT2D eigenvalue weighted by molar-refractivity contribution is 0.0756. The molecule has 0 saturated heterocycles. The standard InChI is InChI=1S/C21H23BrN2O2/c1-2-15-26-20-10-9-18(22)16-19(20)21(25)24(13-6-12-23)14-11-17-7-4-3-5-8-17/h3-5,7-10,16H,2,6,11,13-15H2,1H3. The number of amides is 1. The van der Waals surface area contributed by atoms with Gasteiger partial charge in [-0.25, -0.2) is 0 Å². The number of benzene rings is 2. The van der Waals surface area contributed by atoms with E-state index >= 15 is 0 Å². The van der Waals surface area contributed by atoms with Crippen LogP contribution < -0.4 is 4.74 Å². The van der Waals surface area contributed by atoms with Crippen LogP contribution in [0, 0.1) is 11.3 Å². The number of carbonyl (C=O) groups is 1. The lowest BCUT2D eigenvalue weighted by Gasteiger charge is -2.23. The van der Waals surface area contributed by atoms with Gasteiger partial charge in [0.25, 0.3) is 5.91 Å². The number of rotatable bonds is 9. The van der Waals surface area contributed by atoms with Gasteiger partial charge < -0.3 is 9.64 Å². The Morgan fingerprint density at radius 3 is 2.65 bits per heavy atom. The molecule has 0 unspecified atom stereocenters. The summed E-state index contributed by atoms with van der Waals surface area (Å²) in [6.45, 7) is 3.55. The molecule has 4 nitrogen and oxygen atoms in total. The molecular formula is C21H23BrN2O2. The van der Waals surface area contributed by atoms with E-state index in [1.165, 1.54) is 5.56 Å². The molecule has 0 aliphatic rings. The van der Waals surface area contributed by atoms with E-state index in [1.54, 1.807) is 11.0 Å². The molecule has 136 valence electrons. The van der Waals surface area contributed by atoms with Crippen molar-refractivity contribution in [3.05, 3.63) is 64.1 Å². The minimum atomic E-state index is -0.108. The summed E-state index contributed by atoms with van der Waals surface area (Å²) in [6.07, 6.45) is 1.92. The summed E-state index contributed by atoms with van der Waals surface area (Å²) >= 11 is 3.43. The van der Waals surface area contributed by atoms with Gasteiger partial charge in [0, 0.05) is 17.6 Å². The van der Waals surface area contributed by atoms with E-state index < -0.39 is 0 Å². The molecular weight excluding hydrogens is 392 g/mol. The molecule has 0 N–H and O–H groups in total. The van der Waals surface area contributed by atoms with Crippen LogP contribution in [0.25, 0.3) is 0 Å². The highest BCUT2D eigenvalue weighted by molar-refractivity contribution is 9.10. The fourth-order valence-electron chi connectivity index (χ4n) is 2.59. The van der Waals surface area contributed by atoms with Gasteiger partial charge in [0.15, 0.2) is 0 Å². The fourth-order valence-corrected chi connectivity index (χ4v) is 2.95. The quantitative estimate of drug-likeness (QED) is 0.589. The zero-order chi connectivity index (χ0) is 18.8. The molecule has 1 amide bonds. The molecule has 0 atom stereocenters. The SMILES string of the molecule is CCCOc1ccc(Br)cc1C(=O)N(CCC#N)CCc1ccccc1. The maximum absolute atomic E-state index is 13.1. The van der Waals surface area contributed by atoms with Crippen molar-refractivity contribution in [3.8, 4) is 11.8 Å². The summed E-state index contributed by atoms with van der Waals surface area (Å²) in [6, 6.07) is 17.6. The second-order valence-corrected chi connectivity index (χ2v) is 6.84. The van der Waals surface area contributed by atoms with Gasteiger partial charge >= 0.3 is 0 Å². The van der Waals surface area contributed by atoms with Crippen molar-refractivity contribution in [1.82, 2.24) is 4.90 Å². The third-order valence-corrected chi connectivity index (χ3v) is 4.42. The molecule has 0 radical (unpaired) electrons. The average Bonchev–Trinajstić information content (AvgIpc) is 2.67. The third kappa shape index (κ3) is 5.89. The van der Waals surface area contributed by atoms with E-state index in [9.17, 15) is 4.79 Å². The largest absolute Gasteiger partial charge is 0.493 e. The monoisotopic (exact) mass is 414 g/mol. The first-order valence-corrected chi connectivity index (χ1v) is 9.57. The van der Waals surface area contributed by atoms with Gasteiger partial charge in [-0.1, -0.05) is 53.2 Å². The molecule has 0 aromatic heterocycles. The van der Waals surface area contributed by atoms with E-state index in [4.69, 9.17) is 10.00 Å². The second-order valence-electron chi connectivity index (χ2n) is 5.92. The highest BCUT2D eigenvalue weighted by Crippen LogP contribution is 2.25. The smallest absolute Gasteiger partial charge is 0.257 e. The van der Waals surface area contributed by atoms with Crippen LogP contribution in [0.15, 0.2) is 53.0 Å². The molecule has 0 spiro atoms. The summed E-state index contributed by atoms with van der Waals surface area (Å²) in [7, 11) is 0. The number of hydrogen-bond acceptors (Lipinski definition) is 3. The van der Waals surface area contributed by atoms with Crippen molar-refractivity contribution in [1.29, 1.82) is 5.26 Å². The predicted octanol–water partition coefficient (Wildman–Crippen LogP) is 4.84. The van der Waals surface area contributed by atoms with Gasteiger partial charge in [0.05, 0.1) is 24.7 Å². The van der Waals surface area contributed by atoms with Gasteiger partial charge in [0.2, 0.25) is 0 Å². The number of halogens is 1. The molecule has 5 heteroatoms. The molecule has 26 heavy (non-hydrogen) atoms. The van der Waals surface area contributed by atoms with Crippen molar-refractivity contribution in [2.75, 3.05) is 19.7 Å². The molecule has 0 aliphatic heterocycles. The molecule has 0 heterocycles. The van der Waals surface area contributed by atoms with Crippen LogP contribution in [0.5, 0.6) is 5.75 Å². The lowest BCUT2D eigenvalue weighted by atomic mass is 10.1. The zero-order valence-electron chi connectivity index (χ0n) is 15.0. The summed E-state index contributed by atoms with van der Waals surface area (Å²) in [5.41, 5.74) is 1.69. The Kier molecular flexibility index (Phi) is 8.17. The van der Waals surface area contributed by atoms with E-state index in [0.29, 0.717) is 37.4 Å². The summed E-state index contributed by atoms with van der Waals surface area (Å²) in [5.74, 6) is 0.477. The Labute approximate surface area is 163 Å². The highest BCUT2D eigenvalue weighted by Gasteiger charge is 2.20. The van der Waals surface area contributed by atoms with E-state index in [0.717, 1.165) is 17.3 Å². The fraction of sp³-hybridized carbons (Fsp3) is 0.333. The predicted molar refractivity (Wildman–Crippen MR) is 106 cm³/mol. The van der Waals surface area contributed by atoms with Crippen LogP contribution in [-0.2, 0) is 6.42 Å². The molecule has 2 aromatic carbocycles. The molecule has 0 fully saturated rings. The van der Waals surface area contributed by atoms with Crippen LogP contribution in [0.2, 0.25) is 0 Å². The number of ether oxygens (including phenoxy) is 1. The Hall–Kier alpha value is -2.32. The first kappa shape index (κ1) is 20.0. The van der Waals surface area contributed by atoms with Crippen LogP contribution in [0.1, 0.15) is 35.7 Å². The Balaban J connectivity index is 2.19. The van der Waals surface area contributed by atoms with Gasteiger partial charge in [-0.2, -0.15) is 5.26 Å². The lowest BCUT2D eigenvalue weighted by Crippen LogP contribution is -2.34. The average molecular weight is 415 g/mol. The Morgan fingerprint density at radius 1 is 1.19 bits per heavy atom. The maximum Gasteiger partial charge on any atom is 0.257 e. The third-order valence-electron chi connectivity index (χ3n) is 3.93. The highest BCUT2D eigenvalue weighted by atomic mass is 79.9. The minimum absolute atomic E-state index is 0.108. The number of hydrogen-bond donors (Lipinski definition) is 0. The van der Waals surface area contributed by atoms with Crippen molar-refractivity contribution in [2.24, 2.45) is 0 Å².